The molecule has 2 heterocycles. The molecule has 5 nitrogen and oxygen atoms in total. The number of hydrogen-bond acceptors (Lipinski definition) is 5. The first kappa shape index (κ1) is 18.0. The SMILES string of the molecule is C[C@@H](NC(=O)CNc1cccc(Cl)c1N1CCOCC1)c1cccs1. The van der Waals surface area contributed by atoms with Gasteiger partial charge >= 0.3 is 0 Å². The number of halogens is 1. The molecule has 1 aliphatic rings. The smallest absolute Gasteiger partial charge is 0.239 e. The Hall–Kier alpha value is -1.76. The predicted octanol–water partition coefficient (Wildman–Crippen LogP) is 3.53. The Balaban J connectivity index is 1.62. The molecule has 7 heteroatoms. The number of nitrogens with one attached hydrogen (secondary N) is 2. The molecule has 0 spiro atoms. The number of carbonyl (C=O) groups excluding carboxylic acids is 1. The number of hydrogen-bond donors (Lipinski definition) is 2. The molecule has 1 saturated heterocycles. The van der Waals surface area contributed by atoms with E-state index in [1.165, 1.54) is 0 Å². The number of amides is 1. The van der Waals surface area contributed by atoms with E-state index in [9.17, 15) is 4.79 Å². The topological polar surface area (TPSA) is 53.6 Å². The number of para-hydroxylation sites is 1. The molecular formula is C18H22ClN3O2S. The van der Waals surface area contributed by atoms with Crippen LogP contribution in [0, 0.1) is 0 Å². The van der Waals surface area contributed by atoms with Gasteiger partial charge in [0.2, 0.25) is 5.91 Å². The lowest BCUT2D eigenvalue weighted by Crippen LogP contribution is -2.37. The van der Waals surface area contributed by atoms with Gasteiger partial charge in [-0.2, -0.15) is 0 Å². The fourth-order valence-electron chi connectivity index (χ4n) is 2.84. The number of morpholine rings is 1. The summed E-state index contributed by atoms with van der Waals surface area (Å²) >= 11 is 8.05. The zero-order chi connectivity index (χ0) is 17.6. The third kappa shape index (κ3) is 4.66. The standard InChI is InChI=1S/C18H22ClN3O2S/c1-13(16-6-3-11-25-16)21-17(23)12-20-15-5-2-4-14(19)18(15)22-7-9-24-10-8-22/h2-6,11,13,20H,7-10,12H2,1H3,(H,21,23)/t13-/m1/s1. The number of benzene rings is 1. The van der Waals surface area contributed by atoms with Crippen molar-refractivity contribution in [1.29, 1.82) is 0 Å². The molecule has 2 N–H and O–H groups in total. The summed E-state index contributed by atoms with van der Waals surface area (Å²) in [5.74, 6) is -0.0474. The summed E-state index contributed by atoms with van der Waals surface area (Å²) in [6, 6.07) is 9.73. The van der Waals surface area contributed by atoms with E-state index >= 15 is 0 Å². The Labute approximate surface area is 156 Å². The Bertz CT molecular complexity index is 702. The van der Waals surface area contributed by atoms with E-state index < -0.39 is 0 Å². The Morgan fingerprint density at radius 3 is 2.84 bits per heavy atom. The van der Waals surface area contributed by atoms with Crippen LogP contribution in [-0.2, 0) is 9.53 Å². The maximum Gasteiger partial charge on any atom is 0.239 e. The molecule has 1 aromatic heterocycles. The third-order valence-corrected chi connectivity index (χ3v) is 5.46. The summed E-state index contributed by atoms with van der Waals surface area (Å²) in [6.07, 6.45) is 0. The van der Waals surface area contributed by atoms with Crippen molar-refractivity contribution in [1.82, 2.24) is 5.32 Å². The maximum absolute atomic E-state index is 12.3. The van der Waals surface area contributed by atoms with Gasteiger partial charge in [-0.1, -0.05) is 23.7 Å². The Morgan fingerprint density at radius 2 is 2.12 bits per heavy atom. The summed E-state index contributed by atoms with van der Waals surface area (Å²) in [5.41, 5.74) is 1.81. The van der Waals surface area contributed by atoms with Crippen molar-refractivity contribution in [3.63, 3.8) is 0 Å². The number of carbonyl (C=O) groups is 1. The molecule has 0 saturated carbocycles. The highest BCUT2D eigenvalue weighted by molar-refractivity contribution is 7.10. The van der Waals surface area contributed by atoms with Crippen LogP contribution in [0.15, 0.2) is 35.7 Å². The van der Waals surface area contributed by atoms with Crippen LogP contribution in [0.2, 0.25) is 5.02 Å². The van der Waals surface area contributed by atoms with Gasteiger partial charge < -0.3 is 20.3 Å². The first-order valence-corrected chi connectivity index (χ1v) is 9.59. The van der Waals surface area contributed by atoms with E-state index in [2.05, 4.69) is 15.5 Å². The van der Waals surface area contributed by atoms with E-state index in [0.717, 1.165) is 29.3 Å². The van der Waals surface area contributed by atoms with Crippen LogP contribution in [-0.4, -0.2) is 38.8 Å². The minimum atomic E-state index is -0.0474. The molecule has 1 atom stereocenters. The molecule has 0 unspecified atom stereocenters. The molecule has 1 amide bonds. The van der Waals surface area contributed by atoms with Crippen LogP contribution < -0.4 is 15.5 Å². The van der Waals surface area contributed by atoms with Crippen molar-refractivity contribution >= 4 is 40.2 Å². The van der Waals surface area contributed by atoms with Gasteiger partial charge in [0.05, 0.1) is 42.2 Å². The Kier molecular flexibility index (Phi) is 6.18. The molecule has 2 aromatic rings. The predicted molar refractivity (Wildman–Crippen MR) is 104 cm³/mol. The van der Waals surface area contributed by atoms with Gasteiger partial charge in [-0.15, -0.1) is 11.3 Å². The van der Waals surface area contributed by atoms with Gasteiger partial charge in [0.15, 0.2) is 0 Å². The highest BCUT2D eigenvalue weighted by Gasteiger charge is 2.18. The van der Waals surface area contributed by atoms with Crippen molar-refractivity contribution in [3.8, 4) is 0 Å². The summed E-state index contributed by atoms with van der Waals surface area (Å²) in [5, 5.41) is 8.93. The van der Waals surface area contributed by atoms with E-state index in [1.807, 2.05) is 42.6 Å². The number of ether oxygens (including phenoxy) is 1. The van der Waals surface area contributed by atoms with Crippen molar-refractivity contribution in [2.24, 2.45) is 0 Å². The van der Waals surface area contributed by atoms with E-state index in [-0.39, 0.29) is 18.5 Å². The second-order valence-electron chi connectivity index (χ2n) is 5.89. The normalized spacial score (nSPS) is 15.7. The monoisotopic (exact) mass is 379 g/mol. The zero-order valence-electron chi connectivity index (χ0n) is 14.1. The van der Waals surface area contributed by atoms with Gasteiger partial charge in [0, 0.05) is 18.0 Å². The fourth-order valence-corrected chi connectivity index (χ4v) is 3.87. The van der Waals surface area contributed by atoms with E-state index in [0.29, 0.717) is 18.2 Å². The van der Waals surface area contributed by atoms with Crippen molar-refractivity contribution in [2.45, 2.75) is 13.0 Å². The van der Waals surface area contributed by atoms with Crippen molar-refractivity contribution < 1.29 is 9.53 Å². The molecule has 1 fully saturated rings. The van der Waals surface area contributed by atoms with Crippen LogP contribution in [0.3, 0.4) is 0 Å². The number of anilines is 2. The van der Waals surface area contributed by atoms with Crippen LogP contribution in [0.5, 0.6) is 0 Å². The quantitative estimate of drug-likeness (QED) is 0.806. The molecule has 25 heavy (non-hydrogen) atoms. The minimum absolute atomic E-state index is 0.00683. The highest BCUT2D eigenvalue weighted by atomic mass is 35.5. The Morgan fingerprint density at radius 1 is 1.32 bits per heavy atom. The fraction of sp³-hybridized carbons (Fsp3) is 0.389. The van der Waals surface area contributed by atoms with E-state index in [4.69, 9.17) is 16.3 Å². The van der Waals surface area contributed by atoms with Gasteiger partial charge in [-0.3, -0.25) is 4.79 Å². The largest absolute Gasteiger partial charge is 0.378 e. The molecule has 0 radical (unpaired) electrons. The van der Waals surface area contributed by atoms with Crippen LogP contribution in [0.4, 0.5) is 11.4 Å². The molecular weight excluding hydrogens is 358 g/mol. The second-order valence-corrected chi connectivity index (χ2v) is 7.28. The van der Waals surface area contributed by atoms with Crippen molar-refractivity contribution in [3.05, 3.63) is 45.6 Å². The average molecular weight is 380 g/mol. The molecule has 1 aliphatic heterocycles. The third-order valence-electron chi connectivity index (χ3n) is 4.10. The zero-order valence-corrected chi connectivity index (χ0v) is 15.7. The van der Waals surface area contributed by atoms with Crippen LogP contribution in [0.25, 0.3) is 0 Å². The summed E-state index contributed by atoms with van der Waals surface area (Å²) in [6.45, 7) is 5.14. The molecule has 1 aromatic carbocycles. The molecule has 134 valence electrons. The van der Waals surface area contributed by atoms with Gasteiger partial charge in [-0.05, 0) is 30.5 Å². The van der Waals surface area contributed by atoms with Gasteiger partial charge in [0.25, 0.3) is 0 Å². The minimum Gasteiger partial charge on any atom is -0.378 e. The second kappa shape index (κ2) is 8.56. The molecule has 0 bridgehead atoms. The summed E-state index contributed by atoms with van der Waals surface area (Å²) < 4.78 is 5.41. The first-order chi connectivity index (χ1) is 12.1. The summed E-state index contributed by atoms with van der Waals surface area (Å²) in [7, 11) is 0. The van der Waals surface area contributed by atoms with Crippen LogP contribution >= 0.6 is 22.9 Å². The highest BCUT2D eigenvalue weighted by Crippen LogP contribution is 2.34. The lowest BCUT2D eigenvalue weighted by atomic mass is 10.2. The number of thiophene rings is 1. The van der Waals surface area contributed by atoms with Gasteiger partial charge in [-0.25, -0.2) is 0 Å². The molecule has 3 rings (SSSR count). The van der Waals surface area contributed by atoms with E-state index in [1.54, 1.807) is 11.3 Å². The summed E-state index contributed by atoms with van der Waals surface area (Å²) in [4.78, 5) is 15.6. The number of nitrogens with zero attached hydrogens (tertiary/aromatic N) is 1. The number of rotatable bonds is 6. The lowest BCUT2D eigenvalue weighted by molar-refractivity contribution is -0.120. The first-order valence-electron chi connectivity index (χ1n) is 8.33. The van der Waals surface area contributed by atoms with Crippen LogP contribution in [0.1, 0.15) is 17.8 Å². The van der Waals surface area contributed by atoms with Gasteiger partial charge in [0.1, 0.15) is 0 Å². The molecule has 0 aliphatic carbocycles. The van der Waals surface area contributed by atoms with Crippen molar-refractivity contribution in [2.75, 3.05) is 43.1 Å². The average Bonchev–Trinajstić information content (AvgIpc) is 3.15. The lowest BCUT2D eigenvalue weighted by Gasteiger charge is -2.31. The maximum atomic E-state index is 12.3.